The number of thiophene rings is 1. The Balaban J connectivity index is 1.57. The number of amides is 2. The monoisotopic (exact) mass is 459 g/mol. The van der Waals surface area contributed by atoms with Gasteiger partial charge < -0.3 is 21.3 Å². The van der Waals surface area contributed by atoms with Crippen molar-refractivity contribution in [1.82, 2.24) is 9.88 Å². The number of carbonyl (C=O) groups excluding carboxylic acids is 2. The molecule has 0 bridgehead atoms. The summed E-state index contributed by atoms with van der Waals surface area (Å²) in [7, 11) is 3.46. The van der Waals surface area contributed by atoms with Gasteiger partial charge in [0.15, 0.2) is 0 Å². The van der Waals surface area contributed by atoms with Crippen LogP contribution in [0.3, 0.4) is 0 Å². The lowest BCUT2D eigenvalue weighted by atomic mass is 10.1. The maximum Gasteiger partial charge on any atom is 0.253 e. The van der Waals surface area contributed by atoms with Crippen LogP contribution in [-0.2, 0) is 6.54 Å². The Morgan fingerprint density at radius 2 is 1.91 bits per heavy atom. The fourth-order valence-corrected chi connectivity index (χ4v) is 4.54. The van der Waals surface area contributed by atoms with Crippen LogP contribution in [0.1, 0.15) is 31.8 Å². The zero-order valence-electron chi connectivity index (χ0n) is 18.7. The molecule has 8 heteroatoms. The number of benzene rings is 2. The van der Waals surface area contributed by atoms with E-state index in [0.29, 0.717) is 29.2 Å². The van der Waals surface area contributed by atoms with E-state index in [-0.39, 0.29) is 5.91 Å². The molecule has 2 amide bonds. The van der Waals surface area contributed by atoms with Gasteiger partial charge in [0.25, 0.3) is 11.8 Å². The highest BCUT2D eigenvalue weighted by atomic mass is 32.1. The van der Waals surface area contributed by atoms with Crippen LogP contribution in [0, 0.1) is 6.92 Å². The molecule has 0 atom stereocenters. The third-order valence-corrected chi connectivity index (χ3v) is 6.34. The van der Waals surface area contributed by atoms with E-state index in [1.165, 1.54) is 16.3 Å². The van der Waals surface area contributed by atoms with Gasteiger partial charge in [-0.25, -0.2) is 4.98 Å². The summed E-state index contributed by atoms with van der Waals surface area (Å²) in [4.78, 5) is 30.1. The van der Waals surface area contributed by atoms with Crippen LogP contribution in [0.2, 0.25) is 0 Å². The van der Waals surface area contributed by atoms with Gasteiger partial charge in [0.1, 0.15) is 5.82 Å². The Kier molecular flexibility index (Phi) is 6.28. The van der Waals surface area contributed by atoms with Crippen molar-refractivity contribution in [3.05, 3.63) is 82.4 Å². The van der Waals surface area contributed by atoms with Crippen LogP contribution < -0.4 is 16.4 Å². The highest BCUT2D eigenvalue weighted by Crippen LogP contribution is 2.27. The van der Waals surface area contributed by atoms with Crippen molar-refractivity contribution in [2.75, 3.05) is 24.7 Å². The van der Waals surface area contributed by atoms with Gasteiger partial charge in [-0.05, 0) is 53.1 Å². The molecule has 2 aromatic heterocycles. The highest BCUT2D eigenvalue weighted by Gasteiger charge is 2.14. The van der Waals surface area contributed by atoms with Gasteiger partial charge in [-0.15, -0.1) is 11.3 Å². The predicted octanol–water partition coefficient (Wildman–Crippen LogP) is 4.76. The second-order valence-electron chi connectivity index (χ2n) is 7.94. The lowest BCUT2D eigenvalue weighted by Crippen LogP contribution is -2.22. The zero-order chi connectivity index (χ0) is 23.5. The molecule has 0 aliphatic heterocycles. The molecule has 0 unspecified atom stereocenters. The van der Waals surface area contributed by atoms with Crippen molar-refractivity contribution in [2.24, 2.45) is 5.73 Å². The lowest BCUT2D eigenvalue weighted by molar-refractivity contribution is 0.0826. The quantitative estimate of drug-likeness (QED) is 0.370. The molecule has 0 saturated carbocycles. The summed E-state index contributed by atoms with van der Waals surface area (Å²) >= 11 is 1.69. The van der Waals surface area contributed by atoms with E-state index < -0.39 is 5.91 Å². The third kappa shape index (κ3) is 4.80. The number of carbonyl (C=O) groups is 2. The van der Waals surface area contributed by atoms with Crippen molar-refractivity contribution in [1.29, 1.82) is 0 Å². The van der Waals surface area contributed by atoms with Gasteiger partial charge in [0, 0.05) is 48.9 Å². The Hall–Kier alpha value is -3.91. The maximum atomic E-state index is 12.3. The van der Waals surface area contributed by atoms with Gasteiger partial charge in [0.2, 0.25) is 0 Å². The first-order chi connectivity index (χ1) is 15.8. The molecule has 2 aromatic carbocycles. The summed E-state index contributed by atoms with van der Waals surface area (Å²) < 4.78 is 1.21. The largest absolute Gasteiger partial charge is 0.380 e. The molecule has 0 spiro atoms. The normalized spacial score (nSPS) is 10.8. The van der Waals surface area contributed by atoms with Gasteiger partial charge in [-0.3, -0.25) is 9.59 Å². The first-order valence-corrected chi connectivity index (χ1v) is 11.3. The molecule has 4 N–H and O–H groups in total. The molecule has 0 aliphatic rings. The van der Waals surface area contributed by atoms with Crippen molar-refractivity contribution in [3.8, 4) is 0 Å². The molecule has 2 heterocycles. The van der Waals surface area contributed by atoms with Crippen molar-refractivity contribution >= 4 is 50.4 Å². The number of anilines is 3. The summed E-state index contributed by atoms with van der Waals surface area (Å²) in [5, 5.41) is 9.85. The number of hydrogen-bond acceptors (Lipinski definition) is 6. The number of nitrogens with zero attached hydrogens (tertiary/aromatic N) is 2. The minimum atomic E-state index is -0.548. The SMILES string of the molecule is Cc1cc(Nc2cc(NCc3cccc4ccsc34)c(C(N)=O)cn2)ccc1C(=O)N(C)C. The molecule has 0 fully saturated rings. The average molecular weight is 460 g/mol. The summed E-state index contributed by atoms with van der Waals surface area (Å²) in [6, 6.07) is 15.5. The predicted molar refractivity (Wildman–Crippen MR) is 134 cm³/mol. The van der Waals surface area contributed by atoms with Crippen molar-refractivity contribution in [2.45, 2.75) is 13.5 Å². The number of aryl methyl sites for hydroxylation is 1. The van der Waals surface area contributed by atoms with Crippen LogP contribution in [0.4, 0.5) is 17.2 Å². The van der Waals surface area contributed by atoms with Gasteiger partial charge in [-0.1, -0.05) is 18.2 Å². The van der Waals surface area contributed by atoms with E-state index >= 15 is 0 Å². The van der Waals surface area contributed by atoms with E-state index in [1.54, 1.807) is 42.5 Å². The Morgan fingerprint density at radius 3 is 2.64 bits per heavy atom. The topological polar surface area (TPSA) is 100 Å². The van der Waals surface area contributed by atoms with Crippen LogP contribution in [-0.4, -0.2) is 35.8 Å². The third-order valence-electron chi connectivity index (χ3n) is 5.33. The first kappa shape index (κ1) is 22.3. The Bertz CT molecular complexity index is 1350. The molecular formula is C25H25N5O2S. The van der Waals surface area contributed by atoms with E-state index in [4.69, 9.17) is 5.73 Å². The van der Waals surface area contributed by atoms with E-state index in [9.17, 15) is 9.59 Å². The number of pyridine rings is 1. The smallest absolute Gasteiger partial charge is 0.253 e. The summed E-state index contributed by atoms with van der Waals surface area (Å²) in [6.07, 6.45) is 1.47. The van der Waals surface area contributed by atoms with Gasteiger partial charge in [-0.2, -0.15) is 0 Å². The maximum absolute atomic E-state index is 12.3. The number of nitrogens with two attached hydrogens (primary N) is 1. The van der Waals surface area contributed by atoms with Crippen molar-refractivity contribution in [3.63, 3.8) is 0 Å². The zero-order valence-corrected chi connectivity index (χ0v) is 19.5. The molecule has 0 aliphatic carbocycles. The summed E-state index contributed by atoms with van der Waals surface area (Å²) in [6.45, 7) is 2.44. The van der Waals surface area contributed by atoms with Crippen LogP contribution in [0.25, 0.3) is 10.1 Å². The lowest BCUT2D eigenvalue weighted by Gasteiger charge is -2.15. The fourth-order valence-electron chi connectivity index (χ4n) is 3.62. The minimum Gasteiger partial charge on any atom is -0.380 e. The number of hydrogen-bond donors (Lipinski definition) is 3. The van der Waals surface area contributed by atoms with Crippen molar-refractivity contribution < 1.29 is 9.59 Å². The number of aromatic nitrogens is 1. The second kappa shape index (κ2) is 9.30. The molecule has 0 radical (unpaired) electrons. The average Bonchev–Trinajstić information content (AvgIpc) is 3.27. The second-order valence-corrected chi connectivity index (χ2v) is 8.86. The van der Waals surface area contributed by atoms with Crippen LogP contribution >= 0.6 is 11.3 Å². The number of primary amides is 1. The summed E-state index contributed by atoms with van der Waals surface area (Å²) in [5.41, 5.74) is 9.93. The van der Waals surface area contributed by atoms with Gasteiger partial charge in [0.05, 0.1) is 11.3 Å². The number of rotatable bonds is 7. The molecule has 4 aromatic rings. The first-order valence-electron chi connectivity index (χ1n) is 10.4. The fraction of sp³-hybridized carbons (Fsp3) is 0.160. The molecular weight excluding hydrogens is 434 g/mol. The van der Waals surface area contributed by atoms with Gasteiger partial charge >= 0.3 is 0 Å². The molecule has 0 saturated heterocycles. The van der Waals surface area contributed by atoms with E-state index in [0.717, 1.165) is 16.8 Å². The van der Waals surface area contributed by atoms with Crippen LogP contribution in [0.15, 0.2) is 60.1 Å². The van der Waals surface area contributed by atoms with E-state index in [2.05, 4.69) is 39.2 Å². The summed E-state index contributed by atoms with van der Waals surface area (Å²) in [5.74, 6) is -0.0357. The highest BCUT2D eigenvalue weighted by molar-refractivity contribution is 7.17. The molecule has 168 valence electrons. The van der Waals surface area contributed by atoms with Crippen LogP contribution in [0.5, 0.6) is 0 Å². The molecule has 33 heavy (non-hydrogen) atoms. The minimum absolute atomic E-state index is 0.0461. The Labute approximate surface area is 196 Å². The molecule has 7 nitrogen and oxygen atoms in total. The standard InChI is InChI=1S/C25H25N5O2S/c1-15-11-18(7-8-19(15)25(32)30(2)3)29-22-12-21(20(14-28-22)24(26)31)27-13-17-6-4-5-16-9-10-33-23(16)17/h4-12,14H,13H2,1-3H3,(H2,26,31)(H2,27,28,29). The van der Waals surface area contributed by atoms with E-state index in [1.807, 2.05) is 25.1 Å². The number of nitrogens with one attached hydrogen (secondary N) is 2. The number of fused-ring (bicyclic) bond motifs is 1. The Morgan fingerprint density at radius 1 is 1.09 bits per heavy atom. The molecule has 4 rings (SSSR count).